The summed E-state index contributed by atoms with van der Waals surface area (Å²) in [5, 5.41) is 7.43. The van der Waals surface area contributed by atoms with Crippen LogP contribution in [0.4, 0.5) is 5.82 Å². The predicted octanol–water partition coefficient (Wildman–Crippen LogP) is 3.35. The van der Waals surface area contributed by atoms with Crippen LogP contribution >= 0.6 is 0 Å². The van der Waals surface area contributed by atoms with Gasteiger partial charge in [0.05, 0.1) is 12.2 Å². The third-order valence-electron chi connectivity index (χ3n) is 5.36. The molecular formula is C23H24N4O2. The van der Waals surface area contributed by atoms with Crippen LogP contribution in [0.25, 0.3) is 11.1 Å². The van der Waals surface area contributed by atoms with E-state index >= 15 is 0 Å². The lowest BCUT2D eigenvalue weighted by Crippen LogP contribution is -2.34. The van der Waals surface area contributed by atoms with Gasteiger partial charge < -0.3 is 10.2 Å². The standard InChI is InChI=1S/C23H24N4O2/c1-16-22(18-11-7-4-8-12-18)23(26(2)25-16)24-20(28)15-27-14-19(13-21(27)29)17-9-5-3-6-10-17/h3-12,19H,13-15H2,1-2H3,(H,24,28). The molecule has 3 aromatic rings. The molecule has 2 heterocycles. The van der Waals surface area contributed by atoms with Crippen LogP contribution in [0, 0.1) is 6.92 Å². The summed E-state index contributed by atoms with van der Waals surface area (Å²) in [7, 11) is 1.81. The Morgan fingerprint density at radius 2 is 1.76 bits per heavy atom. The summed E-state index contributed by atoms with van der Waals surface area (Å²) in [5.74, 6) is 0.575. The fourth-order valence-electron chi connectivity index (χ4n) is 3.97. The quantitative estimate of drug-likeness (QED) is 0.729. The van der Waals surface area contributed by atoms with Crippen LogP contribution in [0.3, 0.4) is 0 Å². The average Bonchev–Trinajstić information content (AvgIpc) is 3.22. The molecule has 1 fully saturated rings. The van der Waals surface area contributed by atoms with Crippen molar-refractivity contribution in [2.24, 2.45) is 7.05 Å². The Balaban J connectivity index is 1.48. The Bertz CT molecular complexity index is 1030. The van der Waals surface area contributed by atoms with Crippen molar-refractivity contribution < 1.29 is 9.59 Å². The number of carbonyl (C=O) groups excluding carboxylic acids is 2. The summed E-state index contributed by atoms with van der Waals surface area (Å²) in [4.78, 5) is 26.8. The SMILES string of the molecule is Cc1nn(C)c(NC(=O)CN2CC(c3ccccc3)CC2=O)c1-c1ccccc1. The molecule has 0 aliphatic carbocycles. The van der Waals surface area contributed by atoms with Crippen LogP contribution < -0.4 is 5.32 Å². The minimum atomic E-state index is -0.216. The molecule has 6 nitrogen and oxygen atoms in total. The van der Waals surface area contributed by atoms with E-state index in [-0.39, 0.29) is 24.3 Å². The molecule has 0 saturated carbocycles. The van der Waals surface area contributed by atoms with Gasteiger partial charge in [-0.2, -0.15) is 5.10 Å². The third-order valence-corrected chi connectivity index (χ3v) is 5.36. The van der Waals surface area contributed by atoms with Crippen molar-refractivity contribution in [2.45, 2.75) is 19.3 Å². The highest BCUT2D eigenvalue weighted by Gasteiger charge is 2.32. The second kappa shape index (κ2) is 7.91. The number of nitrogens with zero attached hydrogens (tertiary/aromatic N) is 3. The highest BCUT2D eigenvalue weighted by atomic mass is 16.2. The minimum absolute atomic E-state index is 0.0125. The van der Waals surface area contributed by atoms with Crippen LogP contribution in [0.1, 0.15) is 23.6 Å². The van der Waals surface area contributed by atoms with Crippen LogP contribution in [0.15, 0.2) is 60.7 Å². The lowest BCUT2D eigenvalue weighted by molar-refractivity contribution is -0.131. The normalized spacial score (nSPS) is 16.3. The highest BCUT2D eigenvalue weighted by molar-refractivity contribution is 5.97. The van der Waals surface area contributed by atoms with Gasteiger partial charge in [0.2, 0.25) is 11.8 Å². The summed E-state index contributed by atoms with van der Waals surface area (Å²) < 4.78 is 1.67. The van der Waals surface area contributed by atoms with E-state index in [1.165, 1.54) is 0 Å². The van der Waals surface area contributed by atoms with Crippen LogP contribution in [0.5, 0.6) is 0 Å². The van der Waals surface area contributed by atoms with Gasteiger partial charge in [-0.3, -0.25) is 14.3 Å². The molecule has 2 amide bonds. The molecule has 1 aromatic heterocycles. The Hall–Kier alpha value is -3.41. The molecule has 1 unspecified atom stereocenters. The number of carbonyl (C=O) groups is 2. The second-order valence-corrected chi connectivity index (χ2v) is 7.43. The van der Waals surface area contributed by atoms with E-state index in [2.05, 4.69) is 10.4 Å². The minimum Gasteiger partial charge on any atom is -0.333 e. The maximum atomic E-state index is 12.8. The highest BCUT2D eigenvalue weighted by Crippen LogP contribution is 2.31. The number of benzene rings is 2. The first-order valence-electron chi connectivity index (χ1n) is 9.74. The first-order valence-corrected chi connectivity index (χ1v) is 9.74. The number of rotatable bonds is 5. The van der Waals surface area contributed by atoms with E-state index in [0.29, 0.717) is 18.8 Å². The van der Waals surface area contributed by atoms with Crippen molar-refractivity contribution in [3.8, 4) is 11.1 Å². The Kier molecular flexibility index (Phi) is 5.16. The van der Waals surface area contributed by atoms with Gasteiger partial charge in [-0.25, -0.2) is 0 Å². The number of aromatic nitrogens is 2. The van der Waals surface area contributed by atoms with Gasteiger partial charge in [0, 0.05) is 31.5 Å². The van der Waals surface area contributed by atoms with E-state index in [9.17, 15) is 9.59 Å². The number of hydrogen-bond donors (Lipinski definition) is 1. The second-order valence-electron chi connectivity index (χ2n) is 7.43. The molecule has 4 rings (SSSR count). The smallest absolute Gasteiger partial charge is 0.245 e. The molecule has 29 heavy (non-hydrogen) atoms. The number of amides is 2. The number of anilines is 1. The van der Waals surface area contributed by atoms with E-state index in [4.69, 9.17) is 0 Å². The predicted molar refractivity (Wildman–Crippen MR) is 112 cm³/mol. The largest absolute Gasteiger partial charge is 0.333 e. The molecule has 1 N–H and O–H groups in total. The van der Waals surface area contributed by atoms with Gasteiger partial charge in [0.15, 0.2) is 0 Å². The molecule has 1 aliphatic rings. The Morgan fingerprint density at radius 1 is 1.10 bits per heavy atom. The van der Waals surface area contributed by atoms with Gasteiger partial charge >= 0.3 is 0 Å². The van der Waals surface area contributed by atoms with Gasteiger partial charge in [0.25, 0.3) is 0 Å². The van der Waals surface area contributed by atoms with Gasteiger partial charge in [-0.15, -0.1) is 0 Å². The monoisotopic (exact) mass is 388 g/mol. The Labute approximate surface area is 170 Å². The van der Waals surface area contributed by atoms with Crippen LogP contribution in [-0.2, 0) is 16.6 Å². The van der Waals surface area contributed by atoms with Gasteiger partial charge in [-0.05, 0) is 18.1 Å². The molecule has 1 aliphatic heterocycles. The van der Waals surface area contributed by atoms with Crippen molar-refractivity contribution in [2.75, 3.05) is 18.4 Å². The number of aryl methyl sites for hydroxylation is 2. The first kappa shape index (κ1) is 18.9. The van der Waals surface area contributed by atoms with E-state index in [1.54, 1.807) is 9.58 Å². The van der Waals surface area contributed by atoms with E-state index in [0.717, 1.165) is 22.4 Å². The van der Waals surface area contributed by atoms with Crippen molar-refractivity contribution in [3.05, 3.63) is 71.9 Å². The molecule has 1 saturated heterocycles. The van der Waals surface area contributed by atoms with Crippen molar-refractivity contribution >= 4 is 17.6 Å². The van der Waals surface area contributed by atoms with Crippen LogP contribution in [-0.4, -0.2) is 39.6 Å². The van der Waals surface area contributed by atoms with Crippen molar-refractivity contribution in [1.29, 1.82) is 0 Å². The van der Waals surface area contributed by atoms with Gasteiger partial charge in [0.1, 0.15) is 5.82 Å². The van der Waals surface area contributed by atoms with Crippen molar-refractivity contribution in [1.82, 2.24) is 14.7 Å². The zero-order valence-corrected chi connectivity index (χ0v) is 16.6. The summed E-state index contributed by atoms with van der Waals surface area (Å²) >= 11 is 0. The number of nitrogens with one attached hydrogen (secondary N) is 1. The summed E-state index contributed by atoms with van der Waals surface area (Å²) in [5.41, 5.74) is 3.87. The van der Waals surface area contributed by atoms with Crippen molar-refractivity contribution in [3.63, 3.8) is 0 Å². The molecular weight excluding hydrogens is 364 g/mol. The summed E-state index contributed by atoms with van der Waals surface area (Å²) in [6.45, 7) is 2.53. The lowest BCUT2D eigenvalue weighted by atomic mass is 9.99. The zero-order valence-electron chi connectivity index (χ0n) is 16.6. The fourth-order valence-corrected chi connectivity index (χ4v) is 3.97. The molecule has 148 valence electrons. The Morgan fingerprint density at radius 3 is 2.45 bits per heavy atom. The summed E-state index contributed by atoms with van der Waals surface area (Å²) in [6.07, 6.45) is 0.442. The van der Waals surface area contributed by atoms with Gasteiger partial charge in [-0.1, -0.05) is 60.7 Å². The maximum absolute atomic E-state index is 12.8. The average molecular weight is 388 g/mol. The van der Waals surface area contributed by atoms with E-state index < -0.39 is 0 Å². The molecule has 1 atom stereocenters. The maximum Gasteiger partial charge on any atom is 0.245 e. The fraction of sp³-hybridized carbons (Fsp3) is 0.261. The molecule has 0 radical (unpaired) electrons. The third kappa shape index (κ3) is 3.92. The molecule has 6 heteroatoms. The molecule has 2 aromatic carbocycles. The zero-order chi connectivity index (χ0) is 20.4. The number of hydrogen-bond acceptors (Lipinski definition) is 3. The van der Waals surface area contributed by atoms with E-state index in [1.807, 2.05) is 74.6 Å². The lowest BCUT2D eigenvalue weighted by Gasteiger charge is -2.17. The first-order chi connectivity index (χ1) is 14.0. The topological polar surface area (TPSA) is 67.2 Å². The summed E-state index contributed by atoms with van der Waals surface area (Å²) in [6, 6.07) is 19.8. The number of likely N-dealkylation sites (tertiary alicyclic amines) is 1. The molecule has 0 bridgehead atoms. The molecule has 0 spiro atoms. The van der Waals surface area contributed by atoms with Crippen LogP contribution in [0.2, 0.25) is 0 Å².